The van der Waals surface area contributed by atoms with Crippen molar-refractivity contribution < 1.29 is 4.74 Å². The maximum absolute atomic E-state index is 6.63. The highest BCUT2D eigenvalue weighted by atomic mass is 32.2. The molecule has 2 atom stereocenters. The molecule has 0 aliphatic heterocycles. The fourth-order valence-electron chi connectivity index (χ4n) is 4.21. The van der Waals surface area contributed by atoms with Gasteiger partial charge in [-0.1, -0.05) is 91.0 Å². The quantitative estimate of drug-likeness (QED) is 0.278. The van der Waals surface area contributed by atoms with Crippen molar-refractivity contribution in [3.8, 4) is 0 Å². The van der Waals surface area contributed by atoms with Crippen molar-refractivity contribution in [1.82, 2.24) is 5.32 Å². The normalized spacial score (nSPS) is 13.2. The van der Waals surface area contributed by atoms with Crippen LogP contribution in [0.2, 0.25) is 0 Å². The van der Waals surface area contributed by atoms with Crippen molar-refractivity contribution in [3.63, 3.8) is 0 Å². The van der Waals surface area contributed by atoms with Crippen LogP contribution < -0.4 is 11.1 Å². The van der Waals surface area contributed by atoms with Crippen molar-refractivity contribution >= 4 is 11.8 Å². The number of hydrogen-bond acceptors (Lipinski definition) is 4. The first-order valence-corrected chi connectivity index (χ1v) is 13.4. The lowest BCUT2D eigenvalue weighted by Crippen LogP contribution is -2.46. The van der Waals surface area contributed by atoms with E-state index in [0.29, 0.717) is 25.2 Å². The highest BCUT2D eigenvalue weighted by molar-refractivity contribution is 7.98. The number of nitrogens with two attached hydrogens (primary N) is 1. The SMILES string of the molecule is CSCCC(NCCC(c1ccccc1)c1ccccc1)C(N)CCOCc1ccccc1. The first-order chi connectivity index (χ1) is 16.3. The highest BCUT2D eigenvalue weighted by Crippen LogP contribution is 2.27. The molecule has 0 aliphatic carbocycles. The van der Waals surface area contributed by atoms with Gasteiger partial charge in [0.1, 0.15) is 0 Å². The highest BCUT2D eigenvalue weighted by Gasteiger charge is 2.19. The van der Waals surface area contributed by atoms with E-state index in [9.17, 15) is 0 Å². The lowest BCUT2D eigenvalue weighted by Gasteiger charge is -2.27. The second kappa shape index (κ2) is 14.9. The second-order valence-corrected chi connectivity index (χ2v) is 9.48. The molecule has 0 fully saturated rings. The topological polar surface area (TPSA) is 47.3 Å². The van der Waals surface area contributed by atoms with Crippen LogP contribution in [-0.4, -0.2) is 37.2 Å². The average molecular weight is 463 g/mol. The zero-order valence-electron chi connectivity index (χ0n) is 19.7. The molecule has 2 unspecified atom stereocenters. The fraction of sp³-hybridized carbons (Fsp3) is 0.379. The van der Waals surface area contributed by atoms with Crippen LogP contribution in [0, 0.1) is 0 Å². The summed E-state index contributed by atoms with van der Waals surface area (Å²) in [5.74, 6) is 1.49. The molecule has 0 aromatic heterocycles. The molecule has 0 spiro atoms. The number of hydrogen-bond donors (Lipinski definition) is 2. The first kappa shape index (κ1) is 25.5. The third-order valence-corrected chi connectivity index (χ3v) is 6.74. The predicted octanol–water partition coefficient (Wildman–Crippen LogP) is 5.85. The van der Waals surface area contributed by atoms with Gasteiger partial charge in [0, 0.05) is 24.6 Å². The summed E-state index contributed by atoms with van der Waals surface area (Å²) in [6.07, 6.45) is 5.13. The summed E-state index contributed by atoms with van der Waals surface area (Å²) in [6, 6.07) is 32.3. The largest absolute Gasteiger partial charge is 0.377 e. The molecular weight excluding hydrogens is 424 g/mol. The van der Waals surface area contributed by atoms with Crippen molar-refractivity contribution in [2.45, 2.75) is 43.9 Å². The first-order valence-electron chi connectivity index (χ1n) is 12.0. The molecule has 0 aliphatic rings. The minimum absolute atomic E-state index is 0.0832. The van der Waals surface area contributed by atoms with Crippen LogP contribution in [0.4, 0.5) is 0 Å². The average Bonchev–Trinajstić information content (AvgIpc) is 2.88. The summed E-state index contributed by atoms with van der Waals surface area (Å²) in [4.78, 5) is 0. The molecule has 0 saturated heterocycles. The van der Waals surface area contributed by atoms with Crippen molar-refractivity contribution in [2.24, 2.45) is 5.73 Å². The Kier molecular flexibility index (Phi) is 11.5. The molecule has 0 saturated carbocycles. The van der Waals surface area contributed by atoms with E-state index in [-0.39, 0.29) is 6.04 Å². The molecule has 0 bridgehead atoms. The van der Waals surface area contributed by atoms with Gasteiger partial charge < -0.3 is 15.8 Å². The van der Waals surface area contributed by atoms with Gasteiger partial charge in [-0.05, 0) is 54.5 Å². The Morgan fingerprint density at radius 1 is 0.788 bits per heavy atom. The number of ether oxygens (including phenoxy) is 1. The maximum atomic E-state index is 6.63. The van der Waals surface area contributed by atoms with Crippen LogP contribution in [0.15, 0.2) is 91.0 Å². The number of rotatable bonds is 15. The van der Waals surface area contributed by atoms with Gasteiger partial charge in [-0.2, -0.15) is 11.8 Å². The predicted molar refractivity (Wildman–Crippen MR) is 143 cm³/mol. The number of benzene rings is 3. The molecule has 3 rings (SSSR count). The maximum Gasteiger partial charge on any atom is 0.0716 e. The Morgan fingerprint density at radius 2 is 1.36 bits per heavy atom. The van der Waals surface area contributed by atoms with E-state index < -0.39 is 0 Å². The van der Waals surface area contributed by atoms with Gasteiger partial charge in [-0.15, -0.1) is 0 Å². The van der Waals surface area contributed by atoms with E-state index >= 15 is 0 Å². The summed E-state index contributed by atoms with van der Waals surface area (Å²) in [5.41, 5.74) is 10.6. The molecular formula is C29H38N2OS. The van der Waals surface area contributed by atoms with Gasteiger partial charge in [0.2, 0.25) is 0 Å². The minimum atomic E-state index is 0.0832. The molecule has 3 aromatic carbocycles. The summed E-state index contributed by atoms with van der Waals surface area (Å²) in [5, 5.41) is 3.79. The van der Waals surface area contributed by atoms with Gasteiger partial charge in [-0.3, -0.25) is 0 Å². The van der Waals surface area contributed by atoms with Crippen molar-refractivity contribution in [3.05, 3.63) is 108 Å². The standard InChI is InChI=1S/C29H38N2OS/c1-33-22-19-29(28(30)18-21-32-23-24-11-5-2-6-12-24)31-20-17-27(25-13-7-3-8-14-25)26-15-9-4-10-16-26/h2-16,27-29,31H,17-23,30H2,1H3. The van der Waals surface area contributed by atoms with Crippen molar-refractivity contribution in [2.75, 3.05) is 25.2 Å². The zero-order chi connectivity index (χ0) is 23.1. The smallest absolute Gasteiger partial charge is 0.0716 e. The van der Waals surface area contributed by atoms with Gasteiger partial charge in [0.25, 0.3) is 0 Å². The second-order valence-electron chi connectivity index (χ2n) is 8.50. The van der Waals surface area contributed by atoms with E-state index in [2.05, 4.69) is 84.4 Å². The lowest BCUT2D eigenvalue weighted by atomic mass is 9.88. The Morgan fingerprint density at radius 3 is 1.94 bits per heavy atom. The fourth-order valence-corrected chi connectivity index (χ4v) is 4.70. The summed E-state index contributed by atoms with van der Waals surface area (Å²) in [6.45, 7) is 2.27. The Hall–Kier alpha value is -2.11. The van der Waals surface area contributed by atoms with Gasteiger partial charge in [0.15, 0.2) is 0 Å². The molecule has 3 N–H and O–H groups in total. The number of thioether (sulfide) groups is 1. The molecule has 176 valence electrons. The summed E-state index contributed by atoms with van der Waals surface area (Å²) >= 11 is 1.88. The molecule has 4 heteroatoms. The van der Waals surface area contributed by atoms with Crippen LogP contribution in [-0.2, 0) is 11.3 Å². The summed E-state index contributed by atoms with van der Waals surface area (Å²) in [7, 11) is 0. The number of nitrogens with one attached hydrogen (secondary N) is 1. The zero-order valence-corrected chi connectivity index (χ0v) is 20.6. The van der Waals surface area contributed by atoms with E-state index in [0.717, 1.165) is 31.6 Å². The van der Waals surface area contributed by atoms with Gasteiger partial charge in [-0.25, -0.2) is 0 Å². The van der Waals surface area contributed by atoms with Gasteiger partial charge >= 0.3 is 0 Å². The van der Waals surface area contributed by atoms with Crippen LogP contribution >= 0.6 is 11.8 Å². The molecule has 3 nitrogen and oxygen atoms in total. The molecule has 0 heterocycles. The third-order valence-electron chi connectivity index (χ3n) is 6.10. The Labute approximate surface area is 204 Å². The van der Waals surface area contributed by atoms with E-state index in [4.69, 9.17) is 10.5 Å². The van der Waals surface area contributed by atoms with E-state index in [1.165, 1.54) is 16.7 Å². The van der Waals surface area contributed by atoms with Crippen LogP contribution in [0.5, 0.6) is 0 Å². The summed E-state index contributed by atoms with van der Waals surface area (Å²) < 4.78 is 5.89. The Bertz CT molecular complexity index is 836. The molecule has 33 heavy (non-hydrogen) atoms. The van der Waals surface area contributed by atoms with E-state index in [1.54, 1.807) is 0 Å². The lowest BCUT2D eigenvalue weighted by molar-refractivity contribution is 0.110. The van der Waals surface area contributed by atoms with Gasteiger partial charge in [0.05, 0.1) is 6.61 Å². The van der Waals surface area contributed by atoms with Crippen LogP contribution in [0.3, 0.4) is 0 Å². The van der Waals surface area contributed by atoms with E-state index in [1.807, 2.05) is 30.0 Å². The third kappa shape index (κ3) is 8.98. The van der Waals surface area contributed by atoms with Crippen LogP contribution in [0.1, 0.15) is 41.9 Å². The molecule has 0 radical (unpaired) electrons. The monoisotopic (exact) mass is 462 g/mol. The minimum Gasteiger partial charge on any atom is -0.377 e. The Balaban J connectivity index is 1.51. The van der Waals surface area contributed by atoms with Crippen molar-refractivity contribution in [1.29, 1.82) is 0 Å². The molecule has 0 amide bonds. The molecule has 3 aromatic rings. The van der Waals surface area contributed by atoms with Crippen LogP contribution in [0.25, 0.3) is 0 Å².